The number of carboxylic acids is 1. The van der Waals surface area contributed by atoms with Crippen LogP contribution in [0.25, 0.3) is 0 Å². The number of aliphatic carboxylic acids is 1. The van der Waals surface area contributed by atoms with Crippen LogP contribution in [0.4, 0.5) is 0 Å². The Bertz CT molecular complexity index is 368. The molecule has 0 amide bonds. The summed E-state index contributed by atoms with van der Waals surface area (Å²) in [7, 11) is 0. The Morgan fingerprint density at radius 3 is 1.57 bits per heavy atom. The molecule has 4 heteroatoms. The SMILES string of the molecule is CCCCCCCCC(CCCCCCC(=O)O)OC(=O)CCCCCCC. The third-order valence-corrected chi connectivity index (χ3v) is 5.33. The van der Waals surface area contributed by atoms with Crippen LogP contribution in [-0.4, -0.2) is 23.1 Å². The smallest absolute Gasteiger partial charge is 0.306 e. The summed E-state index contributed by atoms with van der Waals surface area (Å²) in [6.07, 6.45) is 19.7. The first kappa shape index (κ1) is 26.9. The third-order valence-electron chi connectivity index (χ3n) is 5.33. The maximum atomic E-state index is 12.2. The van der Waals surface area contributed by atoms with Crippen LogP contribution >= 0.6 is 0 Å². The van der Waals surface area contributed by atoms with Gasteiger partial charge in [-0.1, -0.05) is 84.5 Å². The van der Waals surface area contributed by atoms with Gasteiger partial charge in [0.1, 0.15) is 6.10 Å². The van der Waals surface area contributed by atoms with Crippen LogP contribution in [0, 0.1) is 0 Å². The standard InChI is InChI=1S/C24H46O4/c1-3-5-7-9-11-14-18-22(19-15-12-13-16-20-23(25)26)28-24(27)21-17-10-8-6-4-2/h22H,3-21H2,1-2H3,(H,25,26). The van der Waals surface area contributed by atoms with Gasteiger partial charge in [-0.05, 0) is 38.5 Å². The molecule has 28 heavy (non-hydrogen) atoms. The molecule has 1 unspecified atom stereocenters. The molecule has 0 spiro atoms. The summed E-state index contributed by atoms with van der Waals surface area (Å²) in [6.45, 7) is 4.43. The Kier molecular flexibility index (Phi) is 19.9. The van der Waals surface area contributed by atoms with E-state index in [1.165, 1.54) is 51.4 Å². The first-order valence-corrected chi connectivity index (χ1v) is 12.0. The molecule has 0 aromatic heterocycles. The van der Waals surface area contributed by atoms with Crippen LogP contribution in [-0.2, 0) is 14.3 Å². The number of carbonyl (C=O) groups excluding carboxylic acids is 1. The van der Waals surface area contributed by atoms with Crippen molar-refractivity contribution in [2.75, 3.05) is 0 Å². The minimum atomic E-state index is -0.714. The molecule has 166 valence electrons. The van der Waals surface area contributed by atoms with Crippen molar-refractivity contribution < 1.29 is 19.4 Å². The van der Waals surface area contributed by atoms with Gasteiger partial charge < -0.3 is 9.84 Å². The number of hydrogen-bond acceptors (Lipinski definition) is 3. The fourth-order valence-electron chi connectivity index (χ4n) is 3.53. The van der Waals surface area contributed by atoms with E-state index >= 15 is 0 Å². The Morgan fingerprint density at radius 2 is 1.07 bits per heavy atom. The van der Waals surface area contributed by atoms with Crippen LogP contribution in [0.5, 0.6) is 0 Å². The predicted molar refractivity (Wildman–Crippen MR) is 117 cm³/mol. The molecule has 0 aliphatic rings. The number of hydrogen-bond donors (Lipinski definition) is 1. The Morgan fingerprint density at radius 1 is 0.643 bits per heavy atom. The molecule has 0 saturated carbocycles. The summed E-state index contributed by atoms with van der Waals surface area (Å²) < 4.78 is 5.80. The van der Waals surface area contributed by atoms with E-state index in [4.69, 9.17) is 9.84 Å². The molecule has 1 N–H and O–H groups in total. The molecule has 1 atom stereocenters. The van der Waals surface area contributed by atoms with Crippen LogP contribution in [0.15, 0.2) is 0 Å². The van der Waals surface area contributed by atoms with E-state index in [1.54, 1.807) is 0 Å². The predicted octanol–water partition coefficient (Wildman–Crippen LogP) is 7.43. The van der Waals surface area contributed by atoms with Gasteiger partial charge in [0.2, 0.25) is 0 Å². The lowest BCUT2D eigenvalue weighted by molar-refractivity contribution is -0.150. The summed E-state index contributed by atoms with van der Waals surface area (Å²) in [5, 5.41) is 8.69. The Hall–Kier alpha value is -1.06. The van der Waals surface area contributed by atoms with Crippen molar-refractivity contribution in [3.05, 3.63) is 0 Å². The first-order chi connectivity index (χ1) is 13.6. The highest BCUT2D eigenvalue weighted by atomic mass is 16.5. The second-order valence-electron chi connectivity index (χ2n) is 8.18. The number of ether oxygens (including phenoxy) is 1. The van der Waals surface area contributed by atoms with E-state index in [9.17, 15) is 9.59 Å². The van der Waals surface area contributed by atoms with Crippen molar-refractivity contribution in [1.82, 2.24) is 0 Å². The van der Waals surface area contributed by atoms with E-state index in [1.807, 2.05) is 0 Å². The molecular formula is C24H46O4. The quantitative estimate of drug-likeness (QED) is 0.161. The monoisotopic (exact) mass is 398 g/mol. The van der Waals surface area contributed by atoms with Gasteiger partial charge in [0.25, 0.3) is 0 Å². The molecule has 0 fully saturated rings. The number of carbonyl (C=O) groups is 2. The van der Waals surface area contributed by atoms with Crippen LogP contribution in [0.3, 0.4) is 0 Å². The Labute approximate surface area is 173 Å². The average molecular weight is 399 g/mol. The van der Waals surface area contributed by atoms with Crippen molar-refractivity contribution in [2.24, 2.45) is 0 Å². The first-order valence-electron chi connectivity index (χ1n) is 12.0. The van der Waals surface area contributed by atoms with Crippen molar-refractivity contribution >= 4 is 11.9 Å². The molecule has 0 aromatic rings. The second kappa shape index (κ2) is 20.7. The van der Waals surface area contributed by atoms with Crippen LogP contribution in [0.2, 0.25) is 0 Å². The van der Waals surface area contributed by atoms with Crippen molar-refractivity contribution in [3.8, 4) is 0 Å². The lowest BCUT2D eigenvalue weighted by Crippen LogP contribution is -2.18. The topological polar surface area (TPSA) is 63.6 Å². The van der Waals surface area contributed by atoms with E-state index in [0.29, 0.717) is 6.42 Å². The Balaban J connectivity index is 4.05. The lowest BCUT2D eigenvalue weighted by Gasteiger charge is -2.18. The number of carboxylic acid groups (broad SMARTS) is 1. The third kappa shape index (κ3) is 19.7. The molecule has 0 radical (unpaired) electrons. The van der Waals surface area contributed by atoms with E-state index in [-0.39, 0.29) is 18.5 Å². The normalized spacial score (nSPS) is 12.1. The number of unbranched alkanes of at least 4 members (excludes halogenated alkanes) is 12. The van der Waals surface area contributed by atoms with E-state index in [2.05, 4.69) is 13.8 Å². The fraction of sp³-hybridized carbons (Fsp3) is 0.917. The van der Waals surface area contributed by atoms with Gasteiger partial charge in [-0.3, -0.25) is 9.59 Å². The lowest BCUT2D eigenvalue weighted by atomic mass is 10.0. The largest absolute Gasteiger partial charge is 0.481 e. The number of esters is 1. The fourth-order valence-corrected chi connectivity index (χ4v) is 3.53. The molecule has 0 rings (SSSR count). The summed E-state index contributed by atoms with van der Waals surface area (Å²) in [6, 6.07) is 0. The molecular weight excluding hydrogens is 352 g/mol. The van der Waals surface area contributed by atoms with Crippen LogP contribution in [0.1, 0.15) is 136 Å². The van der Waals surface area contributed by atoms with Crippen LogP contribution < -0.4 is 0 Å². The summed E-state index contributed by atoms with van der Waals surface area (Å²) >= 11 is 0. The maximum Gasteiger partial charge on any atom is 0.306 e. The molecule has 4 nitrogen and oxygen atoms in total. The minimum Gasteiger partial charge on any atom is -0.481 e. The number of rotatable bonds is 21. The zero-order valence-corrected chi connectivity index (χ0v) is 18.7. The highest BCUT2D eigenvalue weighted by Gasteiger charge is 2.14. The minimum absolute atomic E-state index is 0.0293. The van der Waals surface area contributed by atoms with Gasteiger partial charge in [0.15, 0.2) is 0 Å². The molecule has 0 aliphatic heterocycles. The zero-order valence-electron chi connectivity index (χ0n) is 18.7. The van der Waals surface area contributed by atoms with E-state index < -0.39 is 5.97 Å². The van der Waals surface area contributed by atoms with Crippen molar-refractivity contribution in [2.45, 2.75) is 142 Å². The average Bonchev–Trinajstić information content (AvgIpc) is 2.66. The van der Waals surface area contributed by atoms with Gasteiger partial charge in [0, 0.05) is 12.8 Å². The molecule has 0 aromatic carbocycles. The van der Waals surface area contributed by atoms with Gasteiger partial charge in [-0.25, -0.2) is 0 Å². The molecule has 0 saturated heterocycles. The molecule has 0 bridgehead atoms. The maximum absolute atomic E-state index is 12.2. The highest BCUT2D eigenvalue weighted by molar-refractivity contribution is 5.69. The van der Waals surface area contributed by atoms with Gasteiger partial charge in [-0.15, -0.1) is 0 Å². The summed E-state index contributed by atoms with van der Waals surface area (Å²) in [4.78, 5) is 22.7. The summed E-state index contributed by atoms with van der Waals surface area (Å²) in [5.74, 6) is -0.743. The molecule has 0 aliphatic carbocycles. The van der Waals surface area contributed by atoms with Gasteiger partial charge in [-0.2, -0.15) is 0 Å². The second-order valence-corrected chi connectivity index (χ2v) is 8.18. The highest BCUT2D eigenvalue weighted by Crippen LogP contribution is 2.18. The van der Waals surface area contributed by atoms with Gasteiger partial charge >= 0.3 is 11.9 Å². The molecule has 0 heterocycles. The summed E-state index contributed by atoms with van der Waals surface area (Å²) in [5.41, 5.74) is 0. The van der Waals surface area contributed by atoms with E-state index in [0.717, 1.165) is 57.8 Å². The van der Waals surface area contributed by atoms with Gasteiger partial charge in [0.05, 0.1) is 0 Å². The van der Waals surface area contributed by atoms with Crippen molar-refractivity contribution in [1.29, 1.82) is 0 Å². The van der Waals surface area contributed by atoms with Crippen molar-refractivity contribution in [3.63, 3.8) is 0 Å². The zero-order chi connectivity index (χ0) is 20.9.